The van der Waals surface area contributed by atoms with Gasteiger partial charge in [0.05, 0.1) is 11.7 Å². The summed E-state index contributed by atoms with van der Waals surface area (Å²) in [6.07, 6.45) is -0.346. The maximum atomic E-state index is 11.6. The Morgan fingerprint density at radius 3 is 2.86 bits per heavy atom. The Hall–Kier alpha value is -1.35. The van der Waals surface area contributed by atoms with Crippen molar-refractivity contribution in [3.8, 4) is 5.75 Å². The first-order chi connectivity index (χ1) is 6.61. The molecule has 0 aromatic heterocycles. The molecule has 0 saturated heterocycles. The Morgan fingerprint density at radius 1 is 1.43 bits per heavy atom. The molecule has 1 aromatic rings. The lowest BCUT2D eigenvalue weighted by Crippen LogP contribution is -2.22. The maximum absolute atomic E-state index is 11.6. The molecule has 0 heterocycles. The standard InChI is InChI=1S/C11H12O3/c1-6-5-9(13)10-7(11(6)14)3-2-4-8(10)12/h2-4,6,11-12,14H,5H2,1H3/t6-,11+/m0/s1. The third kappa shape index (κ3) is 1.21. The Morgan fingerprint density at radius 2 is 2.14 bits per heavy atom. The third-order valence-corrected chi connectivity index (χ3v) is 2.72. The number of aromatic hydroxyl groups is 1. The van der Waals surface area contributed by atoms with Gasteiger partial charge in [-0.1, -0.05) is 19.1 Å². The van der Waals surface area contributed by atoms with E-state index >= 15 is 0 Å². The van der Waals surface area contributed by atoms with Crippen LogP contribution in [-0.2, 0) is 0 Å². The molecule has 0 aliphatic heterocycles. The van der Waals surface area contributed by atoms with E-state index in [2.05, 4.69) is 0 Å². The van der Waals surface area contributed by atoms with Gasteiger partial charge < -0.3 is 10.2 Å². The number of hydrogen-bond donors (Lipinski definition) is 2. The fourth-order valence-corrected chi connectivity index (χ4v) is 1.92. The van der Waals surface area contributed by atoms with Gasteiger partial charge in [-0.2, -0.15) is 0 Å². The number of carbonyl (C=O) groups excluding carboxylic acids is 1. The molecule has 0 amide bonds. The Bertz CT molecular complexity index is 384. The minimum absolute atomic E-state index is 0.0292. The number of hydrogen-bond acceptors (Lipinski definition) is 3. The largest absolute Gasteiger partial charge is 0.507 e. The molecule has 3 nitrogen and oxygen atoms in total. The number of Topliss-reactive ketones (excluding diaryl/α,β-unsaturated/α-hetero) is 1. The lowest BCUT2D eigenvalue weighted by molar-refractivity contribution is 0.0746. The van der Waals surface area contributed by atoms with Crippen LogP contribution in [0, 0.1) is 5.92 Å². The van der Waals surface area contributed by atoms with Crippen LogP contribution in [0.1, 0.15) is 35.4 Å². The molecule has 1 aliphatic rings. The normalized spacial score (nSPS) is 26.0. The van der Waals surface area contributed by atoms with Gasteiger partial charge in [0.2, 0.25) is 0 Å². The predicted octanol–water partition coefficient (Wildman–Crippen LogP) is 1.65. The smallest absolute Gasteiger partial charge is 0.167 e. The molecular formula is C11H12O3. The highest BCUT2D eigenvalue weighted by Gasteiger charge is 2.31. The Kier molecular flexibility index (Phi) is 2.04. The molecule has 0 spiro atoms. The van der Waals surface area contributed by atoms with Crippen molar-refractivity contribution >= 4 is 5.78 Å². The van der Waals surface area contributed by atoms with Gasteiger partial charge in [0, 0.05) is 6.42 Å². The van der Waals surface area contributed by atoms with Crippen molar-refractivity contribution < 1.29 is 15.0 Å². The van der Waals surface area contributed by atoms with E-state index in [1.807, 2.05) is 6.92 Å². The molecule has 0 bridgehead atoms. The van der Waals surface area contributed by atoms with Gasteiger partial charge >= 0.3 is 0 Å². The van der Waals surface area contributed by atoms with Crippen molar-refractivity contribution in [1.82, 2.24) is 0 Å². The monoisotopic (exact) mass is 192 g/mol. The molecule has 2 N–H and O–H groups in total. The number of benzene rings is 1. The molecule has 0 saturated carbocycles. The second-order valence-electron chi connectivity index (χ2n) is 3.79. The summed E-state index contributed by atoms with van der Waals surface area (Å²) in [5.74, 6) is -0.189. The molecular weight excluding hydrogens is 180 g/mol. The molecule has 0 fully saturated rings. The van der Waals surface area contributed by atoms with E-state index in [9.17, 15) is 15.0 Å². The van der Waals surface area contributed by atoms with Gasteiger partial charge in [0.25, 0.3) is 0 Å². The van der Waals surface area contributed by atoms with Crippen LogP contribution in [0.5, 0.6) is 5.75 Å². The van der Waals surface area contributed by atoms with Crippen LogP contribution < -0.4 is 0 Å². The number of fused-ring (bicyclic) bond motifs is 1. The van der Waals surface area contributed by atoms with Crippen LogP contribution in [-0.4, -0.2) is 16.0 Å². The minimum Gasteiger partial charge on any atom is -0.507 e. The topological polar surface area (TPSA) is 57.5 Å². The van der Waals surface area contributed by atoms with E-state index in [1.54, 1.807) is 12.1 Å². The zero-order valence-electron chi connectivity index (χ0n) is 7.90. The van der Waals surface area contributed by atoms with Crippen LogP contribution >= 0.6 is 0 Å². The fraction of sp³-hybridized carbons (Fsp3) is 0.364. The fourth-order valence-electron chi connectivity index (χ4n) is 1.92. The molecule has 0 unspecified atom stereocenters. The van der Waals surface area contributed by atoms with Crippen LogP contribution in [0.4, 0.5) is 0 Å². The molecule has 2 atom stereocenters. The number of phenols is 1. The van der Waals surface area contributed by atoms with Gasteiger partial charge in [0.15, 0.2) is 5.78 Å². The number of rotatable bonds is 0. The minimum atomic E-state index is -0.644. The summed E-state index contributed by atoms with van der Waals surface area (Å²) in [6.45, 7) is 1.83. The van der Waals surface area contributed by atoms with Gasteiger partial charge in [-0.3, -0.25) is 4.79 Å². The van der Waals surface area contributed by atoms with Crippen LogP contribution in [0.2, 0.25) is 0 Å². The number of ketones is 1. The van der Waals surface area contributed by atoms with Crippen LogP contribution in [0.3, 0.4) is 0 Å². The molecule has 1 aromatic carbocycles. The first-order valence-corrected chi connectivity index (χ1v) is 4.64. The summed E-state index contributed by atoms with van der Waals surface area (Å²) >= 11 is 0. The van der Waals surface area contributed by atoms with Crippen molar-refractivity contribution in [3.05, 3.63) is 29.3 Å². The highest BCUT2D eigenvalue weighted by molar-refractivity contribution is 6.01. The summed E-state index contributed by atoms with van der Waals surface area (Å²) < 4.78 is 0. The highest BCUT2D eigenvalue weighted by atomic mass is 16.3. The number of carbonyl (C=O) groups is 1. The SMILES string of the molecule is C[C@H]1CC(=O)c2c(O)cccc2[C@@H]1O. The predicted molar refractivity (Wildman–Crippen MR) is 51.2 cm³/mol. The Labute approximate surface area is 82.0 Å². The summed E-state index contributed by atoms with van der Waals surface area (Å²) in [5, 5.41) is 19.3. The van der Waals surface area contributed by atoms with Crippen LogP contribution in [0.15, 0.2) is 18.2 Å². The van der Waals surface area contributed by atoms with E-state index < -0.39 is 6.10 Å². The van der Waals surface area contributed by atoms with Crippen molar-refractivity contribution in [2.24, 2.45) is 5.92 Å². The first-order valence-electron chi connectivity index (χ1n) is 4.64. The van der Waals surface area contributed by atoms with E-state index in [1.165, 1.54) is 6.07 Å². The summed E-state index contributed by atoms with van der Waals surface area (Å²) in [7, 11) is 0. The van der Waals surface area contributed by atoms with Gasteiger partial charge in [0.1, 0.15) is 5.75 Å². The maximum Gasteiger partial charge on any atom is 0.167 e. The van der Waals surface area contributed by atoms with Crippen molar-refractivity contribution in [1.29, 1.82) is 0 Å². The van der Waals surface area contributed by atoms with E-state index in [-0.39, 0.29) is 23.0 Å². The number of aliphatic hydroxyl groups excluding tert-OH is 1. The van der Waals surface area contributed by atoms with Gasteiger partial charge in [-0.05, 0) is 17.5 Å². The lowest BCUT2D eigenvalue weighted by Gasteiger charge is -2.26. The zero-order chi connectivity index (χ0) is 10.3. The summed E-state index contributed by atoms with van der Waals surface area (Å²) in [5.41, 5.74) is 0.840. The lowest BCUT2D eigenvalue weighted by atomic mass is 9.81. The molecule has 2 rings (SSSR count). The zero-order valence-corrected chi connectivity index (χ0v) is 7.90. The average molecular weight is 192 g/mol. The number of aliphatic hydroxyl groups is 1. The second kappa shape index (κ2) is 3.10. The van der Waals surface area contributed by atoms with Crippen LogP contribution in [0.25, 0.3) is 0 Å². The molecule has 3 heteroatoms. The van der Waals surface area contributed by atoms with Gasteiger partial charge in [-0.15, -0.1) is 0 Å². The van der Waals surface area contributed by atoms with Crippen molar-refractivity contribution in [3.63, 3.8) is 0 Å². The van der Waals surface area contributed by atoms with E-state index in [0.717, 1.165) is 0 Å². The first kappa shape index (κ1) is 9.21. The third-order valence-electron chi connectivity index (χ3n) is 2.72. The van der Waals surface area contributed by atoms with Gasteiger partial charge in [-0.25, -0.2) is 0 Å². The average Bonchev–Trinajstić information content (AvgIpc) is 2.14. The summed E-state index contributed by atoms with van der Waals surface area (Å²) in [4.78, 5) is 11.6. The summed E-state index contributed by atoms with van der Waals surface area (Å²) in [6, 6.07) is 4.80. The van der Waals surface area contributed by atoms with Crippen molar-refractivity contribution in [2.45, 2.75) is 19.4 Å². The van der Waals surface area contributed by atoms with Crippen molar-refractivity contribution in [2.75, 3.05) is 0 Å². The van der Waals surface area contributed by atoms with E-state index in [0.29, 0.717) is 12.0 Å². The molecule has 14 heavy (non-hydrogen) atoms. The van der Waals surface area contributed by atoms with E-state index in [4.69, 9.17) is 0 Å². The quantitative estimate of drug-likeness (QED) is 0.657. The molecule has 74 valence electrons. The Balaban J connectivity index is 2.61. The molecule has 1 aliphatic carbocycles. The second-order valence-corrected chi connectivity index (χ2v) is 3.79. The highest BCUT2D eigenvalue weighted by Crippen LogP contribution is 2.37. The number of phenolic OH excluding ortho intramolecular Hbond substituents is 1. The molecule has 0 radical (unpaired) electrons.